The predicted molar refractivity (Wildman–Crippen MR) is 192 cm³/mol. The molecular formula is C42H30N4O. The molecule has 8 rings (SSSR count). The van der Waals surface area contributed by atoms with Gasteiger partial charge in [-0.2, -0.15) is 0 Å². The summed E-state index contributed by atoms with van der Waals surface area (Å²) in [6, 6.07) is 57.2. The lowest BCUT2D eigenvalue weighted by Crippen LogP contribution is -2.11. The topological polar surface area (TPSA) is 54.2 Å². The lowest BCUT2D eigenvalue weighted by atomic mass is 10.0. The Kier molecular flexibility index (Phi) is 7.25. The summed E-state index contributed by atoms with van der Waals surface area (Å²) in [5.41, 5.74) is 9.75. The maximum atomic E-state index is 11.0. The minimum atomic E-state index is 0.183. The second kappa shape index (κ2) is 12.1. The molecule has 0 saturated carbocycles. The van der Waals surface area contributed by atoms with Crippen molar-refractivity contribution in [2.24, 2.45) is 0 Å². The number of imidazole rings is 1. The number of hydrogen-bond donors (Lipinski definition) is 1. The Morgan fingerprint density at radius 1 is 0.511 bits per heavy atom. The lowest BCUT2D eigenvalue weighted by Gasteiger charge is -2.24. The van der Waals surface area contributed by atoms with Crippen molar-refractivity contribution in [3.05, 3.63) is 176 Å². The van der Waals surface area contributed by atoms with Crippen LogP contribution in [0.1, 0.15) is 0 Å². The van der Waals surface area contributed by atoms with Crippen LogP contribution in [0, 0.1) is 0 Å². The number of rotatable bonds is 7. The second-order valence-electron chi connectivity index (χ2n) is 11.3. The Bertz CT molecular complexity index is 2260. The monoisotopic (exact) mass is 606 g/mol. The molecule has 8 aromatic rings. The normalized spacial score (nSPS) is 11.1. The van der Waals surface area contributed by atoms with E-state index in [4.69, 9.17) is 4.98 Å². The number of fused-ring (bicyclic) bond motifs is 1. The average molecular weight is 607 g/mol. The molecule has 0 aliphatic heterocycles. The predicted octanol–water partition coefficient (Wildman–Crippen LogP) is 10.6. The zero-order valence-corrected chi connectivity index (χ0v) is 25.5. The van der Waals surface area contributed by atoms with Crippen molar-refractivity contribution in [3.8, 4) is 45.1 Å². The summed E-state index contributed by atoms with van der Waals surface area (Å²) >= 11 is 0. The van der Waals surface area contributed by atoms with Crippen molar-refractivity contribution >= 4 is 28.2 Å². The van der Waals surface area contributed by atoms with Gasteiger partial charge in [0.25, 0.3) is 0 Å². The van der Waals surface area contributed by atoms with Gasteiger partial charge in [0.05, 0.1) is 16.6 Å². The van der Waals surface area contributed by atoms with E-state index < -0.39 is 0 Å². The second-order valence-corrected chi connectivity index (χ2v) is 11.3. The number of nitrogens with zero attached hydrogens (tertiary/aromatic N) is 4. The first-order chi connectivity index (χ1) is 23.2. The number of anilines is 3. The van der Waals surface area contributed by atoms with Gasteiger partial charge in [-0.25, -0.2) is 9.97 Å². The number of benzene rings is 6. The fourth-order valence-electron chi connectivity index (χ4n) is 6.16. The highest BCUT2D eigenvalue weighted by Crippen LogP contribution is 2.40. The third-order valence-electron chi connectivity index (χ3n) is 8.37. The van der Waals surface area contributed by atoms with E-state index in [1.165, 1.54) is 0 Å². The van der Waals surface area contributed by atoms with Crippen LogP contribution in [0.3, 0.4) is 0 Å². The number of aromatic nitrogens is 3. The molecule has 5 nitrogen and oxygen atoms in total. The first-order valence-electron chi connectivity index (χ1n) is 15.6. The summed E-state index contributed by atoms with van der Waals surface area (Å²) in [5.74, 6) is 1.69. The standard InChI is InChI=1S/C42H30N4O/c47-39-22-8-7-19-37(39)42-44-41-36(20-12-21-38(41)46(42)34-26-24-31(25-27-34)30-13-3-1-4-14-30)32-15-11-18-35(29-32)45(33-16-5-2-6-17-33)40-23-9-10-28-43-40/h1-29,47H. The van der Waals surface area contributed by atoms with Crippen LogP contribution in [0.2, 0.25) is 0 Å². The van der Waals surface area contributed by atoms with Gasteiger partial charge < -0.3 is 5.11 Å². The number of pyridine rings is 1. The number of phenolic OH excluding ortho intramolecular Hbond substituents is 1. The van der Waals surface area contributed by atoms with Gasteiger partial charge in [0.15, 0.2) is 0 Å². The summed E-state index contributed by atoms with van der Waals surface area (Å²) in [6.07, 6.45) is 1.81. The van der Waals surface area contributed by atoms with E-state index in [1.807, 2.05) is 66.9 Å². The molecule has 1 N–H and O–H groups in total. The zero-order valence-electron chi connectivity index (χ0n) is 25.5. The first-order valence-corrected chi connectivity index (χ1v) is 15.6. The molecule has 0 spiro atoms. The highest BCUT2D eigenvalue weighted by Gasteiger charge is 2.20. The van der Waals surface area contributed by atoms with Gasteiger partial charge in [0.2, 0.25) is 0 Å². The molecule has 0 saturated heterocycles. The number of hydrogen-bond acceptors (Lipinski definition) is 4. The molecule has 6 aromatic carbocycles. The van der Waals surface area contributed by atoms with Crippen LogP contribution >= 0.6 is 0 Å². The van der Waals surface area contributed by atoms with Crippen molar-refractivity contribution in [3.63, 3.8) is 0 Å². The van der Waals surface area contributed by atoms with Gasteiger partial charge in [0.1, 0.15) is 17.4 Å². The van der Waals surface area contributed by atoms with Crippen molar-refractivity contribution in [2.75, 3.05) is 4.90 Å². The summed E-state index contributed by atoms with van der Waals surface area (Å²) in [5, 5.41) is 11.0. The SMILES string of the molecule is Oc1ccccc1-c1nc2c(-c3cccc(N(c4ccccc4)c4ccccn4)c3)cccc2n1-c1ccc(-c2ccccc2)cc1. The molecule has 5 heteroatoms. The maximum absolute atomic E-state index is 11.0. The Hall–Kier alpha value is -6.46. The Morgan fingerprint density at radius 2 is 1.15 bits per heavy atom. The minimum Gasteiger partial charge on any atom is -0.507 e. The van der Waals surface area contributed by atoms with Gasteiger partial charge in [-0.05, 0) is 83.4 Å². The highest BCUT2D eigenvalue weighted by molar-refractivity contribution is 5.96. The molecule has 0 bridgehead atoms. The highest BCUT2D eigenvalue weighted by atomic mass is 16.3. The molecule has 0 aliphatic carbocycles. The summed E-state index contributed by atoms with van der Waals surface area (Å²) in [4.78, 5) is 12.1. The van der Waals surface area contributed by atoms with Gasteiger partial charge in [-0.15, -0.1) is 0 Å². The smallest absolute Gasteiger partial charge is 0.149 e. The van der Waals surface area contributed by atoms with E-state index in [-0.39, 0.29) is 5.75 Å². The van der Waals surface area contributed by atoms with E-state index >= 15 is 0 Å². The first kappa shape index (κ1) is 28.0. The van der Waals surface area contributed by atoms with Crippen LogP contribution in [-0.4, -0.2) is 19.6 Å². The number of aromatic hydroxyl groups is 1. The molecule has 0 radical (unpaired) electrons. The van der Waals surface area contributed by atoms with E-state index in [2.05, 4.69) is 118 Å². The van der Waals surface area contributed by atoms with Crippen LogP contribution in [-0.2, 0) is 0 Å². The van der Waals surface area contributed by atoms with Gasteiger partial charge in [0, 0.05) is 28.8 Å². The lowest BCUT2D eigenvalue weighted by molar-refractivity contribution is 0.477. The third kappa shape index (κ3) is 5.30. The molecule has 0 aliphatic rings. The fourth-order valence-corrected chi connectivity index (χ4v) is 6.16. The Balaban J connectivity index is 1.30. The van der Waals surface area contributed by atoms with E-state index in [0.717, 1.165) is 56.2 Å². The van der Waals surface area contributed by atoms with E-state index in [1.54, 1.807) is 6.07 Å². The van der Waals surface area contributed by atoms with Crippen molar-refractivity contribution in [1.82, 2.24) is 14.5 Å². The Morgan fingerprint density at radius 3 is 1.91 bits per heavy atom. The van der Waals surface area contributed by atoms with Gasteiger partial charge >= 0.3 is 0 Å². The van der Waals surface area contributed by atoms with E-state index in [9.17, 15) is 5.11 Å². The van der Waals surface area contributed by atoms with Crippen molar-refractivity contribution in [1.29, 1.82) is 0 Å². The largest absolute Gasteiger partial charge is 0.507 e. The van der Waals surface area contributed by atoms with Crippen LogP contribution in [0.25, 0.3) is 50.4 Å². The van der Waals surface area contributed by atoms with E-state index in [0.29, 0.717) is 11.4 Å². The van der Waals surface area contributed by atoms with Crippen LogP contribution in [0.5, 0.6) is 5.75 Å². The molecule has 0 amide bonds. The summed E-state index contributed by atoms with van der Waals surface area (Å²) in [6.45, 7) is 0. The molecule has 0 unspecified atom stereocenters. The van der Waals surface area contributed by atoms with Crippen LogP contribution in [0.15, 0.2) is 176 Å². The molecule has 224 valence electrons. The molecule has 2 aromatic heterocycles. The molecular weight excluding hydrogens is 576 g/mol. The fraction of sp³-hybridized carbons (Fsp3) is 0. The minimum absolute atomic E-state index is 0.183. The van der Waals surface area contributed by atoms with Gasteiger partial charge in [-0.3, -0.25) is 9.47 Å². The molecule has 47 heavy (non-hydrogen) atoms. The maximum Gasteiger partial charge on any atom is 0.149 e. The molecule has 2 heterocycles. The number of para-hydroxylation sites is 3. The quantitative estimate of drug-likeness (QED) is 0.196. The van der Waals surface area contributed by atoms with Gasteiger partial charge in [-0.1, -0.05) is 103 Å². The van der Waals surface area contributed by atoms with Crippen LogP contribution in [0.4, 0.5) is 17.2 Å². The molecule has 0 fully saturated rings. The van der Waals surface area contributed by atoms with Crippen molar-refractivity contribution in [2.45, 2.75) is 0 Å². The third-order valence-corrected chi connectivity index (χ3v) is 8.37. The molecule has 0 atom stereocenters. The summed E-state index contributed by atoms with van der Waals surface area (Å²) < 4.78 is 2.14. The summed E-state index contributed by atoms with van der Waals surface area (Å²) in [7, 11) is 0. The zero-order chi connectivity index (χ0) is 31.6. The van der Waals surface area contributed by atoms with Crippen molar-refractivity contribution < 1.29 is 5.11 Å². The van der Waals surface area contributed by atoms with Crippen LogP contribution < -0.4 is 4.90 Å². The average Bonchev–Trinajstić information content (AvgIpc) is 3.53. The number of phenols is 1. The Labute approximate surface area is 273 Å².